The van der Waals surface area contributed by atoms with E-state index in [1.807, 2.05) is 12.1 Å². The molecule has 0 saturated carbocycles. The van der Waals surface area contributed by atoms with Crippen molar-refractivity contribution in [1.29, 1.82) is 0 Å². The number of benzene rings is 2. The fourth-order valence-corrected chi connectivity index (χ4v) is 1.38. The highest BCUT2D eigenvalue weighted by Gasteiger charge is 1.91. The van der Waals surface area contributed by atoms with Gasteiger partial charge in [0.05, 0.1) is 11.9 Å². The first kappa shape index (κ1) is 11.6. The van der Waals surface area contributed by atoms with Crippen LogP contribution in [0.2, 0.25) is 5.02 Å². The molecule has 0 amide bonds. The maximum atomic E-state index is 12.6. The highest BCUT2D eigenvalue weighted by molar-refractivity contribution is 6.30. The molecule has 0 fully saturated rings. The lowest BCUT2D eigenvalue weighted by Gasteiger charge is -1.99. The van der Waals surface area contributed by atoms with E-state index in [0.717, 1.165) is 11.3 Å². The maximum absolute atomic E-state index is 12.6. The Morgan fingerprint density at radius 1 is 1.00 bits per heavy atom. The Bertz CT molecular complexity index is 506. The van der Waals surface area contributed by atoms with Crippen LogP contribution < -0.4 is 5.43 Å². The molecule has 0 aromatic heterocycles. The fraction of sp³-hybridized carbons (Fsp3) is 0. The summed E-state index contributed by atoms with van der Waals surface area (Å²) >= 11 is 5.75. The van der Waals surface area contributed by atoms with Crippen LogP contribution in [-0.2, 0) is 0 Å². The molecule has 1 N–H and O–H groups in total. The van der Waals surface area contributed by atoms with E-state index >= 15 is 0 Å². The summed E-state index contributed by atoms with van der Waals surface area (Å²) in [5.74, 6) is -0.257. The van der Waals surface area contributed by atoms with Crippen molar-refractivity contribution >= 4 is 23.5 Å². The number of hydrogen-bond donors (Lipinski definition) is 1. The van der Waals surface area contributed by atoms with Crippen molar-refractivity contribution < 1.29 is 4.39 Å². The van der Waals surface area contributed by atoms with Crippen LogP contribution in [0.1, 0.15) is 5.56 Å². The molecule has 0 atom stereocenters. The largest absolute Gasteiger partial charge is 0.279 e. The van der Waals surface area contributed by atoms with Crippen LogP contribution >= 0.6 is 11.6 Å². The van der Waals surface area contributed by atoms with Gasteiger partial charge in [0.1, 0.15) is 5.82 Å². The molecule has 2 nitrogen and oxygen atoms in total. The minimum Gasteiger partial charge on any atom is -0.279 e. The molecule has 0 spiro atoms. The second-order valence-electron chi connectivity index (χ2n) is 3.43. The monoisotopic (exact) mass is 248 g/mol. The van der Waals surface area contributed by atoms with Crippen molar-refractivity contribution in [2.75, 3.05) is 5.43 Å². The van der Waals surface area contributed by atoms with Crippen molar-refractivity contribution in [3.8, 4) is 0 Å². The molecule has 0 bridgehead atoms. The molecule has 2 aromatic rings. The molecule has 0 heterocycles. The highest BCUT2D eigenvalue weighted by Crippen LogP contribution is 2.13. The fourth-order valence-electron chi connectivity index (χ4n) is 1.25. The Labute approximate surface area is 104 Å². The third kappa shape index (κ3) is 3.57. The van der Waals surface area contributed by atoms with Crippen LogP contribution in [0.5, 0.6) is 0 Å². The van der Waals surface area contributed by atoms with E-state index < -0.39 is 0 Å². The molecule has 0 aliphatic rings. The van der Waals surface area contributed by atoms with Crippen LogP contribution in [0.15, 0.2) is 53.6 Å². The van der Waals surface area contributed by atoms with E-state index in [-0.39, 0.29) is 5.82 Å². The molecule has 2 rings (SSSR count). The smallest absolute Gasteiger partial charge is 0.123 e. The average molecular weight is 249 g/mol. The van der Waals surface area contributed by atoms with Crippen LogP contribution in [0.4, 0.5) is 10.1 Å². The Balaban J connectivity index is 1.97. The predicted molar refractivity (Wildman–Crippen MR) is 69.1 cm³/mol. The number of nitrogens with zero attached hydrogens (tertiary/aromatic N) is 1. The highest BCUT2D eigenvalue weighted by atomic mass is 35.5. The van der Waals surface area contributed by atoms with Crippen molar-refractivity contribution in [3.05, 3.63) is 64.9 Å². The van der Waals surface area contributed by atoms with Gasteiger partial charge in [-0.3, -0.25) is 5.43 Å². The van der Waals surface area contributed by atoms with Gasteiger partial charge >= 0.3 is 0 Å². The predicted octanol–water partition coefficient (Wildman–Crippen LogP) is 3.93. The molecule has 0 aliphatic heterocycles. The van der Waals surface area contributed by atoms with Crippen LogP contribution in [0, 0.1) is 5.82 Å². The number of anilines is 1. The lowest BCUT2D eigenvalue weighted by atomic mass is 10.2. The van der Waals surface area contributed by atoms with Crippen LogP contribution in [-0.4, -0.2) is 6.21 Å². The average Bonchev–Trinajstić information content (AvgIpc) is 2.34. The molecule has 86 valence electrons. The van der Waals surface area contributed by atoms with Gasteiger partial charge in [-0.2, -0.15) is 5.10 Å². The molecular formula is C13H10ClFN2. The summed E-state index contributed by atoms with van der Waals surface area (Å²) in [5.41, 5.74) is 4.52. The number of halogens is 2. The van der Waals surface area contributed by atoms with E-state index in [4.69, 9.17) is 11.6 Å². The van der Waals surface area contributed by atoms with Gasteiger partial charge in [-0.25, -0.2) is 4.39 Å². The first-order chi connectivity index (χ1) is 8.24. The molecule has 17 heavy (non-hydrogen) atoms. The van der Waals surface area contributed by atoms with E-state index in [2.05, 4.69) is 10.5 Å². The quantitative estimate of drug-likeness (QED) is 0.646. The van der Waals surface area contributed by atoms with Gasteiger partial charge in [-0.05, 0) is 42.0 Å². The summed E-state index contributed by atoms with van der Waals surface area (Å²) in [6, 6.07) is 13.3. The Hall–Kier alpha value is -1.87. The molecule has 4 heteroatoms. The Morgan fingerprint density at radius 3 is 2.29 bits per heavy atom. The number of nitrogens with one attached hydrogen (secondary N) is 1. The van der Waals surface area contributed by atoms with Gasteiger partial charge in [-0.1, -0.05) is 23.7 Å². The maximum Gasteiger partial charge on any atom is 0.123 e. The Morgan fingerprint density at radius 2 is 1.65 bits per heavy atom. The first-order valence-corrected chi connectivity index (χ1v) is 5.42. The minimum atomic E-state index is -0.257. The molecule has 0 saturated heterocycles. The number of rotatable bonds is 3. The van der Waals surface area contributed by atoms with E-state index in [0.29, 0.717) is 5.02 Å². The van der Waals surface area contributed by atoms with Crippen LogP contribution in [0.3, 0.4) is 0 Å². The zero-order chi connectivity index (χ0) is 12.1. The summed E-state index contributed by atoms with van der Waals surface area (Å²) in [5, 5.41) is 4.71. The standard InChI is InChI=1S/C13H10ClFN2/c14-11-3-7-13(8-4-11)17-16-9-10-1-5-12(15)6-2-10/h1-9,17H/b16-9-. The zero-order valence-corrected chi connectivity index (χ0v) is 9.66. The molecule has 0 aliphatic carbocycles. The summed E-state index contributed by atoms with van der Waals surface area (Å²) in [6.07, 6.45) is 1.62. The summed E-state index contributed by atoms with van der Waals surface area (Å²) in [4.78, 5) is 0. The van der Waals surface area contributed by atoms with E-state index in [1.165, 1.54) is 12.1 Å². The van der Waals surface area contributed by atoms with Crippen molar-refractivity contribution in [2.24, 2.45) is 5.10 Å². The van der Waals surface area contributed by atoms with E-state index in [1.54, 1.807) is 30.5 Å². The van der Waals surface area contributed by atoms with Gasteiger partial charge in [0.25, 0.3) is 0 Å². The normalized spacial score (nSPS) is 10.7. The molecular weight excluding hydrogens is 239 g/mol. The third-order valence-corrected chi connectivity index (χ3v) is 2.37. The summed E-state index contributed by atoms with van der Waals surface area (Å²) < 4.78 is 12.6. The number of hydrogen-bond acceptors (Lipinski definition) is 2. The van der Waals surface area contributed by atoms with Gasteiger partial charge in [-0.15, -0.1) is 0 Å². The minimum absolute atomic E-state index is 0.257. The van der Waals surface area contributed by atoms with Gasteiger partial charge in [0.15, 0.2) is 0 Å². The second kappa shape index (κ2) is 5.46. The summed E-state index contributed by atoms with van der Waals surface area (Å²) in [7, 11) is 0. The zero-order valence-electron chi connectivity index (χ0n) is 8.90. The first-order valence-electron chi connectivity index (χ1n) is 5.04. The molecule has 0 unspecified atom stereocenters. The number of hydrazone groups is 1. The summed E-state index contributed by atoms with van der Waals surface area (Å²) in [6.45, 7) is 0. The third-order valence-electron chi connectivity index (χ3n) is 2.12. The van der Waals surface area contributed by atoms with Crippen molar-refractivity contribution in [2.45, 2.75) is 0 Å². The second-order valence-corrected chi connectivity index (χ2v) is 3.86. The molecule has 0 radical (unpaired) electrons. The molecule has 2 aromatic carbocycles. The van der Waals surface area contributed by atoms with Crippen molar-refractivity contribution in [3.63, 3.8) is 0 Å². The van der Waals surface area contributed by atoms with E-state index in [9.17, 15) is 4.39 Å². The van der Waals surface area contributed by atoms with Crippen molar-refractivity contribution in [1.82, 2.24) is 0 Å². The lowest BCUT2D eigenvalue weighted by Crippen LogP contribution is -1.90. The SMILES string of the molecule is Fc1ccc(/C=N\Nc2ccc(Cl)cc2)cc1. The van der Waals surface area contributed by atoms with Gasteiger partial charge < -0.3 is 0 Å². The Kier molecular flexibility index (Phi) is 3.73. The van der Waals surface area contributed by atoms with Gasteiger partial charge in [0, 0.05) is 5.02 Å². The van der Waals surface area contributed by atoms with Gasteiger partial charge in [0.2, 0.25) is 0 Å². The van der Waals surface area contributed by atoms with Crippen LogP contribution in [0.25, 0.3) is 0 Å². The topological polar surface area (TPSA) is 24.4 Å². The lowest BCUT2D eigenvalue weighted by molar-refractivity contribution is 0.628.